The molecule has 0 atom stereocenters. The Labute approximate surface area is 85.6 Å². The lowest BCUT2D eigenvalue weighted by atomic mass is 10.3. The van der Waals surface area contributed by atoms with Crippen LogP contribution in [0.1, 0.15) is 21.7 Å². The topological polar surface area (TPSA) is 66.4 Å². The van der Waals surface area contributed by atoms with Gasteiger partial charge in [0.1, 0.15) is 0 Å². The molecule has 14 heavy (non-hydrogen) atoms. The van der Waals surface area contributed by atoms with Crippen molar-refractivity contribution >= 4 is 23.2 Å². The number of hydrogen-bond donors (Lipinski definition) is 2. The van der Waals surface area contributed by atoms with Gasteiger partial charge in [-0.15, -0.1) is 11.3 Å². The fourth-order valence-corrected chi connectivity index (χ4v) is 1.73. The number of hydrogen-bond acceptors (Lipinski definition) is 3. The molecule has 0 spiro atoms. The molecule has 0 radical (unpaired) electrons. The summed E-state index contributed by atoms with van der Waals surface area (Å²) in [5, 5.41) is 12.8. The Kier molecular flexibility index (Phi) is 3.64. The average Bonchev–Trinajstić information content (AvgIpc) is 2.51. The molecule has 5 heteroatoms. The summed E-state index contributed by atoms with van der Waals surface area (Å²) < 4.78 is 0. The molecular weight excluding hydrogens is 202 g/mol. The minimum absolute atomic E-state index is 0.0455. The minimum atomic E-state index is -0.910. The highest BCUT2D eigenvalue weighted by atomic mass is 32.1. The zero-order valence-electron chi connectivity index (χ0n) is 7.74. The quantitative estimate of drug-likeness (QED) is 0.791. The molecule has 2 N–H and O–H groups in total. The molecular formula is C9H11NO3S. The number of thiophene rings is 1. The largest absolute Gasteiger partial charge is 0.481 e. The molecule has 1 rings (SSSR count). The number of carbonyl (C=O) groups excluding carboxylic acids is 1. The lowest BCUT2D eigenvalue weighted by Gasteiger charge is -1.99. The average molecular weight is 213 g/mol. The van der Waals surface area contributed by atoms with Gasteiger partial charge >= 0.3 is 5.97 Å². The van der Waals surface area contributed by atoms with Crippen molar-refractivity contribution in [2.45, 2.75) is 13.3 Å². The van der Waals surface area contributed by atoms with Gasteiger partial charge in [0.15, 0.2) is 0 Å². The van der Waals surface area contributed by atoms with Gasteiger partial charge in [0, 0.05) is 6.54 Å². The van der Waals surface area contributed by atoms with Crippen molar-refractivity contribution in [3.8, 4) is 0 Å². The van der Waals surface area contributed by atoms with E-state index in [4.69, 9.17) is 5.11 Å². The highest BCUT2D eigenvalue weighted by molar-refractivity contribution is 7.12. The smallest absolute Gasteiger partial charge is 0.305 e. The maximum Gasteiger partial charge on any atom is 0.305 e. The Morgan fingerprint density at radius 3 is 2.79 bits per heavy atom. The van der Waals surface area contributed by atoms with E-state index < -0.39 is 5.97 Å². The number of amides is 1. The van der Waals surface area contributed by atoms with E-state index in [1.54, 1.807) is 6.07 Å². The van der Waals surface area contributed by atoms with E-state index >= 15 is 0 Å². The van der Waals surface area contributed by atoms with Crippen molar-refractivity contribution in [1.29, 1.82) is 0 Å². The molecule has 0 aliphatic heterocycles. The molecule has 0 saturated heterocycles. The van der Waals surface area contributed by atoms with Crippen LogP contribution in [0.3, 0.4) is 0 Å². The van der Waals surface area contributed by atoms with Gasteiger partial charge in [-0.1, -0.05) is 0 Å². The van der Waals surface area contributed by atoms with Crippen LogP contribution in [-0.2, 0) is 4.79 Å². The summed E-state index contributed by atoms with van der Waals surface area (Å²) in [7, 11) is 0. The first-order valence-corrected chi connectivity index (χ1v) is 5.02. The first kappa shape index (κ1) is 10.7. The van der Waals surface area contributed by atoms with Crippen LogP contribution in [0.4, 0.5) is 0 Å². The first-order valence-electron chi connectivity index (χ1n) is 4.14. The zero-order valence-corrected chi connectivity index (χ0v) is 8.56. The maximum atomic E-state index is 11.3. The van der Waals surface area contributed by atoms with Gasteiger partial charge in [0.2, 0.25) is 0 Å². The van der Waals surface area contributed by atoms with Crippen LogP contribution in [0.5, 0.6) is 0 Å². The lowest BCUT2D eigenvalue weighted by molar-refractivity contribution is -0.136. The lowest BCUT2D eigenvalue weighted by Crippen LogP contribution is -2.25. The molecule has 0 aliphatic rings. The van der Waals surface area contributed by atoms with Crippen LogP contribution in [0, 0.1) is 6.92 Å². The molecule has 1 aromatic heterocycles. The highest BCUT2D eigenvalue weighted by Gasteiger charge is 2.07. The van der Waals surface area contributed by atoms with Crippen LogP contribution in [0.2, 0.25) is 0 Å². The van der Waals surface area contributed by atoms with Crippen LogP contribution < -0.4 is 5.32 Å². The summed E-state index contributed by atoms with van der Waals surface area (Å²) in [6.45, 7) is 2.08. The third kappa shape index (κ3) is 3.18. The van der Waals surface area contributed by atoms with Gasteiger partial charge in [-0.2, -0.15) is 0 Å². The van der Waals surface area contributed by atoms with Gasteiger partial charge < -0.3 is 10.4 Å². The fourth-order valence-electron chi connectivity index (χ4n) is 0.920. The van der Waals surface area contributed by atoms with Crippen molar-refractivity contribution in [2.24, 2.45) is 0 Å². The number of carbonyl (C=O) groups is 2. The third-order valence-corrected chi connectivity index (χ3v) is 2.63. The molecule has 1 amide bonds. The Hall–Kier alpha value is -1.36. The molecule has 1 heterocycles. The van der Waals surface area contributed by atoms with Crippen LogP contribution in [0.25, 0.3) is 0 Å². The molecule has 0 unspecified atom stereocenters. The third-order valence-electron chi connectivity index (χ3n) is 1.58. The van der Waals surface area contributed by atoms with Crippen molar-refractivity contribution in [3.63, 3.8) is 0 Å². The van der Waals surface area contributed by atoms with Crippen molar-refractivity contribution in [1.82, 2.24) is 5.32 Å². The highest BCUT2D eigenvalue weighted by Crippen LogP contribution is 2.12. The standard InChI is InChI=1S/C9H11NO3S/c1-6-4-7(14-5-6)9(13)10-3-2-8(11)12/h4-5H,2-3H2,1H3,(H,10,13)(H,11,12). The fraction of sp³-hybridized carbons (Fsp3) is 0.333. The summed E-state index contributed by atoms with van der Waals surface area (Å²) in [6.07, 6.45) is -0.0455. The number of carboxylic acid groups (broad SMARTS) is 1. The second-order valence-electron chi connectivity index (χ2n) is 2.89. The number of rotatable bonds is 4. The summed E-state index contributed by atoms with van der Waals surface area (Å²) in [5.74, 6) is -1.11. The van der Waals surface area contributed by atoms with Crippen LogP contribution in [-0.4, -0.2) is 23.5 Å². The second-order valence-corrected chi connectivity index (χ2v) is 3.80. The Bertz CT molecular complexity index is 346. The number of aryl methyl sites for hydroxylation is 1. The van der Waals surface area contributed by atoms with E-state index in [1.807, 2.05) is 12.3 Å². The van der Waals surface area contributed by atoms with E-state index in [0.29, 0.717) is 4.88 Å². The Morgan fingerprint density at radius 2 is 2.29 bits per heavy atom. The molecule has 0 bridgehead atoms. The van der Waals surface area contributed by atoms with Crippen LogP contribution in [0.15, 0.2) is 11.4 Å². The normalized spacial score (nSPS) is 9.79. The summed E-state index contributed by atoms with van der Waals surface area (Å²) in [6, 6.07) is 1.78. The minimum Gasteiger partial charge on any atom is -0.481 e. The van der Waals surface area contributed by atoms with Gasteiger partial charge in [0.05, 0.1) is 11.3 Å². The second kappa shape index (κ2) is 4.76. The maximum absolute atomic E-state index is 11.3. The summed E-state index contributed by atoms with van der Waals surface area (Å²) in [5.41, 5.74) is 1.04. The van der Waals surface area contributed by atoms with E-state index in [9.17, 15) is 9.59 Å². The molecule has 76 valence electrons. The summed E-state index contributed by atoms with van der Waals surface area (Å²) >= 11 is 1.36. The van der Waals surface area contributed by atoms with Crippen molar-refractivity contribution < 1.29 is 14.7 Å². The van der Waals surface area contributed by atoms with Crippen LogP contribution >= 0.6 is 11.3 Å². The summed E-state index contributed by atoms with van der Waals surface area (Å²) in [4.78, 5) is 22.1. The molecule has 0 fully saturated rings. The Morgan fingerprint density at radius 1 is 1.57 bits per heavy atom. The molecule has 1 aromatic rings. The monoisotopic (exact) mass is 213 g/mol. The van der Waals surface area contributed by atoms with E-state index in [2.05, 4.69) is 5.32 Å². The molecule has 4 nitrogen and oxygen atoms in total. The Balaban J connectivity index is 2.39. The molecule has 0 aromatic carbocycles. The van der Waals surface area contributed by atoms with E-state index in [0.717, 1.165) is 5.56 Å². The first-order chi connectivity index (χ1) is 6.59. The van der Waals surface area contributed by atoms with Gasteiger partial charge in [-0.3, -0.25) is 9.59 Å². The SMILES string of the molecule is Cc1csc(C(=O)NCCC(=O)O)c1. The van der Waals surface area contributed by atoms with Gasteiger partial charge in [-0.05, 0) is 23.9 Å². The van der Waals surface area contributed by atoms with Crippen molar-refractivity contribution in [2.75, 3.05) is 6.54 Å². The number of carboxylic acids is 1. The molecule has 0 saturated carbocycles. The van der Waals surface area contributed by atoms with Crippen molar-refractivity contribution in [3.05, 3.63) is 21.9 Å². The predicted octanol–water partition coefficient (Wildman–Crippen LogP) is 1.26. The van der Waals surface area contributed by atoms with Gasteiger partial charge in [-0.25, -0.2) is 0 Å². The van der Waals surface area contributed by atoms with Gasteiger partial charge in [0.25, 0.3) is 5.91 Å². The molecule has 0 aliphatic carbocycles. The number of nitrogens with one attached hydrogen (secondary N) is 1. The van der Waals surface area contributed by atoms with E-state index in [1.165, 1.54) is 11.3 Å². The predicted molar refractivity (Wildman–Crippen MR) is 53.6 cm³/mol. The zero-order chi connectivity index (χ0) is 10.6. The van der Waals surface area contributed by atoms with E-state index in [-0.39, 0.29) is 18.9 Å². The number of aliphatic carboxylic acids is 1.